The van der Waals surface area contributed by atoms with E-state index in [1.54, 1.807) is 14.0 Å². The summed E-state index contributed by atoms with van der Waals surface area (Å²) in [5, 5.41) is 12.9. The molecule has 2 aromatic rings. The molecule has 1 aliphatic heterocycles. The average Bonchev–Trinajstić information content (AvgIpc) is 2.83. The Balaban J connectivity index is 2.19. The predicted octanol–water partition coefficient (Wildman–Crippen LogP) is 2.23. The van der Waals surface area contributed by atoms with Crippen LogP contribution in [0.2, 0.25) is 0 Å². The lowest BCUT2D eigenvalue weighted by Gasteiger charge is -2.09. The van der Waals surface area contributed by atoms with Gasteiger partial charge in [0.25, 0.3) is 5.91 Å². The van der Waals surface area contributed by atoms with Gasteiger partial charge in [0.1, 0.15) is 17.5 Å². The maximum absolute atomic E-state index is 12.4. The fourth-order valence-electron chi connectivity index (χ4n) is 2.59. The van der Waals surface area contributed by atoms with Crippen LogP contribution in [0.1, 0.15) is 23.0 Å². The fraction of sp³-hybridized carbons (Fsp3) is 0.250. The topological polar surface area (TPSA) is 87.1 Å². The summed E-state index contributed by atoms with van der Waals surface area (Å²) in [7, 11) is 1.59. The Bertz CT molecular complexity index is 827. The maximum Gasteiger partial charge on any atom is 0.274 e. The Labute approximate surface area is 127 Å². The monoisotopic (exact) mass is 297 g/mol. The number of nitrogens with one attached hydrogen (secondary N) is 2. The van der Waals surface area contributed by atoms with Crippen molar-refractivity contribution in [1.82, 2.24) is 10.3 Å². The molecule has 0 bridgehead atoms. The second-order valence-corrected chi connectivity index (χ2v) is 4.87. The van der Waals surface area contributed by atoms with Crippen LogP contribution in [0.25, 0.3) is 10.9 Å². The highest BCUT2D eigenvalue weighted by molar-refractivity contribution is 6.02. The molecular weight excluding hydrogens is 282 g/mol. The molecule has 112 valence electrons. The van der Waals surface area contributed by atoms with Gasteiger partial charge in [-0.1, -0.05) is 0 Å². The number of allylic oxidation sites excluding steroid dienone is 1. The third-order valence-corrected chi connectivity index (χ3v) is 3.62. The van der Waals surface area contributed by atoms with Crippen molar-refractivity contribution < 1.29 is 14.3 Å². The number of carbonyl (C=O) groups excluding carboxylic acids is 1. The quantitative estimate of drug-likeness (QED) is 0.909. The lowest BCUT2D eigenvalue weighted by Crippen LogP contribution is -2.24. The SMILES string of the molecule is CCOC1=C(C#N)Cc2c([nH]c3ccc(OC)cc23)C(=O)N1. The van der Waals surface area contributed by atoms with E-state index in [-0.39, 0.29) is 11.8 Å². The highest BCUT2D eigenvalue weighted by Crippen LogP contribution is 2.30. The third kappa shape index (κ3) is 2.17. The average molecular weight is 297 g/mol. The highest BCUT2D eigenvalue weighted by Gasteiger charge is 2.26. The number of carbonyl (C=O) groups is 1. The first-order chi connectivity index (χ1) is 10.7. The van der Waals surface area contributed by atoms with E-state index in [0.717, 1.165) is 16.5 Å². The zero-order valence-electron chi connectivity index (χ0n) is 12.3. The van der Waals surface area contributed by atoms with E-state index in [1.807, 2.05) is 18.2 Å². The van der Waals surface area contributed by atoms with E-state index in [9.17, 15) is 10.1 Å². The van der Waals surface area contributed by atoms with Crippen LogP contribution in [0.4, 0.5) is 0 Å². The van der Waals surface area contributed by atoms with Gasteiger partial charge in [-0.25, -0.2) is 0 Å². The number of aromatic amines is 1. The van der Waals surface area contributed by atoms with Crippen LogP contribution < -0.4 is 10.1 Å². The van der Waals surface area contributed by atoms with Crippen molar-refractivity contribution in [2.75, 3.05) is 13.7 Å². The molecule has 0 aliphatic carbocycles. The molecule has 0 unspecified atom stereocenters. The molecule has 0 saturated heterocycles. The molecule has 6 heteroatoms. The van der Waals surface area contributed by atoms with Crippen LogP contribution in [0.5, 0.6) is 5.75 Å². The van der Waals surface area contributed by atoms with Gasteiger partial charge in [0.15, 0.2) is 0 Å². The number of rotatable bonds is 3. The molecule has 1 aliphatic rings. The molecule has 0 fully saturated rings. The number of methoxy groups -OCH3 is 1. The second-order valence-electron chi connectivity index (χ2n) is 4.87. The molecule has 0 spiro atoms. The van der Waals surface area contributed by atoms with Crippen molar-refractivity contribution in [3.63, 3.8) is 0 Å². The summed E-state index contributed by atoms with van der Waals surface area (Å²) in [6, 6.07) is 7.66. The van der Waals surface area contributed by atoms with Crippen molar-refractivity contribution in [3.8, 4) is 11.8 Å². The Hall–Kier alpha value is -2.94. The summed E-state index contributed by atoms with van der Waals surface area (Å²) < 4.78 is 10.6. The van der Waals surface area contributed by atoms with E-state index in [2.05, 4.69) is 16.4 Å². The predicted molar refractivity (Wildman–Crippen MR) is 80.3 cm³/mol. The summed E-state index contributed by atoms with van der Waals surface area (Å²) in [4.78, 5) is 15.5. The fourth-order valence-corrected chi connectivity index (χ4v) is 2.59. The Morgan fingerprint density at radius 2 is 2.23 bits per heavy atom. The first kappa shape index (κ1) is 14.0. The molecular formula is C16H15N3O3. The molecule has 1 aromatic heterocycles. The van der Waals surface area contributed by atoms with Gasteiger partial charge in [0.05, 0.1) is 19.3 Å². The summed E-state index contributed by atoms with van der Waals surface area (Å²) in [6.45, 7) is 2.18. The van der Waals surface area contributed by atoms with E-state index < -0.39 is 0 Å². The molecule has 3 rings (SSSR count). The van der Waals surface area contributed by atoms with Crippen LogP contribution >= 0.6 is 0 Å². The van der Waals surface area contributed by atoms with Gasteiger partial charge in [-0.05, 0) is 30.7 Å². The Morgan fingerprint density at radius 3 is 2.91 bits per heavy atom. The number of benzene rings is 1. The smallest absolute Gasteiger partial charge is 0.274 e. The van der Waals surface area contributed by atoms with Crippen molar-refractivity contribution in [2.24, 2.45) is 0 Å². The van der Waals surface area contributed by atoms with Crippen molar-refractivity contribution in [1.29, 1.82) is 5.26 Å². The third-order valence-electron chi connectivity index (χ3n) is 3.62. The number of aromatic nitrogens is 1. The Morgan fingerprint density at radius 1 is 1.41 bits per heavy atom. The molecule has 0 saturated carbocycles. The number of ether oxygens (including phenoxy) is 2. The van der Waals surface area contributed by atoms with Crippen molar-refractivity contribution in [2.45, 2.75) is 13.3 Å². The van der Waals surface area contributed by atoms with Crippen LogP contribution in [-0.4, -0.2) is 24.6 Å². The summed E-state index contributed by atoms with van der Waals surface area (Å²) in [5.74, 6) is 0.626. The molecule has 2 N–H and O–H groups in total. The molecule has 2 heterocycles. The summed E-state index contributed by atoms with van der Waals surface area (Å²) in [6.07, 6.45) is 0.326. The molecule has 1 amide bonds. The minimum atomic E-state index is -0.307. The first-order valence-corrected chi connectivity index (χ1v) is 6.94. The van der Waals surface area contributed by atoms with E-state index in [0.29, 0.717) is 30.0 Å². The lowest BCUT2D eigenvalue weighted by molar-refractivity contribution is 0.0919. The molecule has 22 heavy (non-hydrogen) atoms. The van der Waals surface area contributed by atoms with Gasteiger partial charge in [-0.3, -0.25) is 10.1 Å². The Kier molecular flexibility index (Phi) is 3.47. The minimum Gasteiger partial charge on any atom is -0.497 e. The first-order valence-electron chi connectivity index (χ1n) is 6.94. The molecule has 6 nitrogen and oxygen atoms in total. The van der Waals surface area contributed by atoms with Gasteiger partial charge in [0, 0.05) is 17.3 Å². The van der Waals surface area contributed by atoms with E-state index in [4.69, 9.17) is 9.47 Å². The van der Waals surface area contributed by atoms with E-state index >= 15 is 0 Å². The highest BCUT2D eigenvalue weighted by atomic mass is 16.5. The van der Waals surface area contributed by atoms with Crippen LogP contribution in [0.15, 0.2) is 29.7 Å². The van der Waals surface area contributed by atoms with Gasteiger partial charge in [-0.2, -0.15) is 5.26 Å². The van der Waals surface area contributed by atoms with Gasteiger partial charge in [-0.15, -0.1) is 0 Å². The van der Waals surface area contributed by atoms with E-state index in [1.165, 1.54) is 0 Å². The number of hydrogen-bond acceptors (Lipinski definition) is 4. The van der Waals surface area contributed by atoms with Gasteiger partial charge >= 0.3 is 0 Å². The zero-order chi connectivity index (χ0) is 15.7. The van der Waals surface area contributed by atoms with Crippen LogP contribution in [0.3, 0.4) is 0 Å². The molecule has 1 aromatic carbocycles. The number of hydrogen-bond donors (Lipinski definition) is 2. The summed E-state index contributed by atoms with van der Waals surface area (Å²) >= 11 is 0. The largest absolute Gasteiger partial charge is 0.497 e. The standard InChI is InChI=1S/C16H15N3O3/c1-3-22-16-9(8-17)6-12-11-7-10(21-2)4-5-13(11)18-14(12)15(20)19-16/h4-5,7,18H,3,6H2,1-2H3,(H,19,20). The lowest BCUT2D eigenvalue weighted by atomic mass is 10.0. The van der Waals surface area contributed by atoms with Crippen molar-refractivity contribution in [3.05, 3.63) is 40.9 Å². The number of amides is 1. The second kappa shape index (κ2) is 5.45. The van der Waals surface area contributed by atoms with Crippen LogP contribution in [0, 0.1) is 11.3 Å². The van der Waals surface area contributed by atoms with Gasteiger partial charge < -0.3 is 14.5 Å². The number of nitrogens with zero attached hydrogens (tertiary/aromatic N) is 1. The summed E-state index contributed by atoms with van der Waals surface area (Å²) in [5.41, 5.74) is 2.46. The minimum absolute atomic E-state index is 0.232. The number of nitriles is 1. The van der Waals surface area contributed by atoms with Crippen molar-refractivity contribution >= 4 is 16.8 Å². The molecule has 0 radical (unpaired) electrons. The number of H-pyrrole nitrogens is 1. The van der Waals surface area contributed by atoms with Crippen LogP contribution in [-0.2, 0) is 11.2 Å². The maximum atomic E-state index is 12.4. The van der Waals surface area contributed by atoms with Gasteiger partial charge in [0.2, 0.25) is 5.88 Å². The molecule has 0 atom stereocenters. The normalized spacial score (nSPS) is 14.1. The zero-order valence-corrected chi connectivity index (χ0v) is 12.3. The number of fused-ring (bicyclic) bond motifs is 3.